The van der Waals surface area contributed by atoms with Crippen LogP contribution in [0.4, 0.5) is 22.2 Å². The Bertz CT molecular complexity index is 763. The average molecular weight is 371 g/mol. The zero-order chi connectivity index (χ0) is 19.1. The third kappa shape index (κ3) is 5.22. The highest BCUT2D eigenvalue weighted by Gasteiger charge is 2.23. The SMILES string of the molecule is CCOC(=O)N1CCC(Nc2ccnc(Nc3cccc(OC)c3)n2)CC1. The number of rotatable bonds is 6. The largest absolute Gasteiger partial charge is 0.497 e. The van der Waals surface area contributed by atoms with Crippen molar-refractivity contribution in [2.45, 2.75) is 25.8 Å². The normalized spacial score (nSPS) is 14.5. The number of amides is 1. The summed E-state index contributed by atoms with van der Waals surface area (Å²) < 4.78 is 10.3. The van der Waals surface area contributed by atoms with E-state index in [0.717, 1.165) is 30.1 Å². The van der Waals surface area contributed by atoms with Crippen molar-refractivity contribution in [2.75, 3.05) is 37.4 Å². The zero-order valence-electron chi connectivity index (χ0n) is 15.6. The monoisotopic (exact) mass is 371 g/mol. The van der Waals surface area contributed by atoms with Gasteiger partial charge in [-0.1, -0.05) is 6.07 Å². The van der Waals surface area contributed by atoms with Crippen molar-refractivity contribution >= 4 is 23.5 Å². The first-order valence-corrected chi connectivity index (χ1v) is 9.10. The van der Waals surface area contributed by atoms with E-state index in [1.165, 1.54) is 0 Å². The number of likely N-dealkylation sites (tertiary alicyclic amines) is 1. The number of benzene rings is 1. The molecule has 0 aliphatic carbocycles. The molecule has 1 aromatic carbocycles. The minimum atomic E-state index is -0.234. The molecule has 1 amide bonds. The number of methoxy groups -OCH3 is 1. The second-order valence-electron chi connectivity index (χ2n) is 6.23. The highest BCUT2D eigenvalue weighted by molar-refractivity contribution is 5.67. The summed E-state index contributed by atoms with van der Waals surface area (Å²) in [6.07, 6.45) is 3.18. The Kier molecular flexibility index (Phi) is 6.30. The molecule has 0 radical (unpaired) electrons. The van der Waals surface area contributed by atoms with Gasteiger partial charge in [0.1, 0.15) is 11.6 Å². The Morgan fingerprint density at radius 2 is 2.11 bits per heavy atom. The maximum absolute atomic E-state index is 11.8. The number of carbonyl (C=O) groups is 1. The molecule has 1 fully saturated rings. The van der Waals surface area contributed by atoms with Gasteiger partial charge >= 0.3 is 6.09 Å². The van der Waals surface area contributed by atoms with E-state index >= 15 is 0 Å². The molecule has 0 spiro atoms. The van der Waals surface area contributed by atoms with Gasteiger partial charge in [-0.05, 0) is 38.0 Å². The predicted octanol–water partition coefficient (Wildman–Crippen LogP) is 3.26. The van der Waals surface area contributed by atoms with Gasteiger partial charge in [-0.15, -0.1) is 0 Å². The second kappa shape index (κ2) is 9.07. The van der Waals surface area contributed by atoms with Crippen molar-refractivity contribution in [1.82, 2.24) is 14.9 Å². The van der Waals surface area contributed by atoms with Crippen LogP contribution < -0.4 is 15.4 Å². The summed E-state index contributed by atoms with van der Waals surface area (Å²) >= 11 is 0. The fraction of sp³-hybridized carbons (Fsp3) is 0.421. The number of nitrogens with zero attached hydrogens (tertiary/aromatic N) is 3. The molecule has 0 bridgehead atoms. The first kappa shape index (κ1) is 18.8. The van der Waals surface area contributed by atoms with Gasteiger partial charge in [0.05, 0.1) is 13.7 Å². The molecule has 0 atom stereocenters. The smallest absolute Gasteiger partial charge is 0.409 e. The minimum Gasteiger partial charge on any atom is -0.497 e. The lowest BCUT2D eigenvalue weighted by Gasteiger charge is -2.31. The molecule has 144 valence electrons. The molecule has 0 unspecified atom stereocenters. The van der Waals surface area contributed by atoms with Crippen LogP contribution in [0.1, 0.15) is 19.8 Å². The fourth-order valence-electron chi connectivity index (χ4n) is 2.96. The first-order valence-electron chi connectivity index (χ1n) is 9.10. The zero-order valence-corrected chi connectivity index (χ0v) is 15.6. The van der Waals surface area contributed by atoms with E-state index in [-0.39, 0.29) is 12.1 Å². The third-order valence-electron chi connectivity index (χ3n) is 4.35. The van der Waals surface area contributed by atoms with Gasteiger partial charge in [0.2, 0.25) is 5.95 Å². The van der Waals surface area contributed by atoms with E-state index in [0.29, 0.717) is 25.6 Å². The number of anilines is 3. The standard InChI is InChI=1S/C19H25N5O3/c1-3-27-19(25)24-11-8-14(9-12-24)21-17-7-10-20-18(23-17)22-15-5-4-6-16(13-15)26-2/h4-7,10,13-14H,3,8-9,11-12H2,1-2H3,(H2,20,21,22,23). The van der Waals surface area contributed by atoms with Gasteiger partial charge in [0.25, 0.3) is 0 Å². The number of carbonyl (C=O) groups excluding carboxylic acids is 1. The lowest BCUT2D eigenvalue weighted by molar-refractivity contribution is 0.0983. The molecule has 27 heavy (non-hydrogen) atoms. The van der Waals surface area contributed by atoms with Crippen LogP contribution in [0.3, 0.4) is 0 Å². The van der Waals surface area contributed by atoms with Crippen LogP contribution in [0, 0.1) is 0 Å². The highest BCUT2D eigenvalue weighted by Crippen LogP contribution is 2.21. The summed E-state index contributed by atoms with van der Waals surface area (Å²) in [4.78, 5) is 22.3. The Balaban J connectivity index is 1.56. The number of hydrogen-bond acceptors (Lipinski definition) is 7. The number of aromatic nitrogens is 2. The van der Waals surface area contributed by atoms with Crippen molar-refractivity contribution < 1.29 is 14.3 Å². The Morgan fingerprint density at radius 1 is 1.30 bits per heavy atom. The van der Waals surface area contributed by atoms with Crippen LogP contribution in [-0.4, -0.2) is 53.8 Å². The maximum atomic E-state index is 11.8. The van der Waals surface area contributed by atoms with Crippen molar-refractivity contribution in [3.8, 4) is 5.75 Å². The molecule has 1 aliphatic rings. The third-order valence-corrected chi connectivity index (χ3v) is 4.35. The molecular weight excluding hydrogens is 346 g/mol. The molecule has 3 rings (SSSR count). The molecule has 1 aromatic heterocycles. The fourth-order valence-corrected chi connectivity index (χ4v) is 2.96. The first-order chi connectivity index (χ1) is 13.2. The molecule has 2 N–H and O–H groups in total. The van der Waals surface area contributed by atoms with Gasteiger partial charge in [0.15, 0.2) is 0 Å². The summed E-state index contributed by atoms with van der Waals surface area (Å²) in [5, 5.41) is 6.61. The molecular formula is C19H25N5O3. The quantitative estimate of drug-likeness (QED) is 0.806. The highest BCUT2D eigenvalue weighted by atomic mass is 16.6. The van der Waals surface area contributed by atoms with Gasteiger partial charge in [-0.25, -0.2) is 9.78 Å². The summed E-state index contributed by atoms with van der Waals surface area (Å²) in [5.74, 6) is 2.03. The van der Waals surface area contributed by atoms with E-state index in [4.69, 9.17) is 9.47 Å². The lowest BCUT2D eigenvalue weighted by atomic mass is 10.1. The van der Waals surface area contributed by atoms with E-state index in [2.05, 4.69) is 20.6 Å². The Labute approximate surface area is 158 Å². The van der Waals surface area contributed by atoms with Crippen LogP contribution in [0.2, 0.25) is 0 Å². The summed E-state index contributed by atoms with van der Waals surface area (Å²) in [7, 11) is 1.63. The van der Waals surface area contributed by atoms with Crippen LogP contribution in [0.15, 0.2) is 36.5 Å². The van der Waals surface area contributed by atoms with Crippen molar-refractivity contribution in [3.63, 3.8) is 0 Å². The van der Waals surface area contributed by atoms with Gasteiger partial charge < -0.3 is 25.0 Å². The Morgan fingerprint density at radius 3 is 2.85 bits per heavy atom. The predicted molar refractivity (Wildman–Crippen MR) is 104 cm³/mol. The average Bonchev–Trinajstić information content (AvgIpc) is 2.69. The summed E-state index contributed by atoms with van der Waals surface area (Å²) in [6.45, 7) is 3.58. The van der Waals surface area contributed by atoms with Gasteiger partial charge in [0, 0.05) is 37.1 Å². The van der Waals surface area contributed by atoms with Crippen LogP contribution in [-0.2, 0) is 4.74 Å². The molecule has 1 aliphatic heterocycles. The maximum Gasteiger partial charge on any atom is 0.409 e. The van der Waals surface area contributed by atoms with E-state index in [1.54, 1.807) is 18.2 Å². The number of hydrogen-bond donors (Lipinski definition) is 2. The van der Waals surface area contributed by atoms with E-state index < -0.39 is 0 Å². The van der Waals surface area contributed by atoms with Gasteiger partial charge in [-0.2, -0.15) is 4.98 Å². The second-order valence-corrected chi connectivity index (χ2v) is 6.23. The van der Waals surface area contributed by atoms with E-state index in [1.807, 2.05) is 37.3 Å². The topological polar surface area (TPSA) is 88.6 Å². The number of piperidine rings is 1. The molecule has 1 saturated heterocycles. The van der Waals surface area contributed by atoms with Crippen LogP contribution in [0.5, 0.6) is 5.75 Å². The molecule has 2 aromatic rings. The molecule has 8 heteroatoms. The minimum absolute atomic E-state index is 0.234. The number of ether oxygens (including phenoxy) is 2. The van der Waals surface area contributed by atoms with Crippen LogP contribution >= 0.6 is 0 Å². The van der Waals surface area contributed by atoms with Crippen LogP contribution in [0.25, 0.3) is 0 Å². The number of nitrogens with one attached hydrogen (secondary N) is 2. The molecule has 0 saturated carbocycles. The Hall–Kier alpha value is -3.03. The van der Waals surface area contributed by atoms with Crippen molar-refractivity contribution in [1.29, 1.82) is 0 Å². The lowest BCUT2D eigenvalue weighted by Crippen LogP contribution is -2.42. The van der Waals surface area contributed by atoms with Crippen molar-refractivity contribution in [2.24, 2.45) is 0 Å². The van der Waals surface area contributed by atoms with Gasteiger partial charge in [-0.3, -0.25) is 0 Å². The molecule has 8 nitrogen and oxygen atoms in total. The molecule has 2 heterocycles. The summed E-state index contributed by atoms with van der Waals surface area (Å²) in [6, 6.07) is 9.70. The van der Waals surface area contributed by atoms with E-state index in [9.17, 15) is 4.79 Å². The summed E-state index contributed by atoms with van der Waals surface area (Å²) in [5.41, 5.74) is 0.856. The van der Waals surface area contributed by atoms with Crippen molar-refractivity contribution in [3.05, 3.63) is 36.5 Å².